The molecule has 0 spiro atoms. The van der Waals surface area contributed by atoms with Gasteiger partial charge in [-0.25, -0.2) is 0 Å². The Bertz CT molecular complexity index is 616. The number of rotatable bonds is 3. The Kier molecular flexibility index (Phi) is 4.68. The SMILES string of the molecule is CN(C)c1ccc(C(S)=C(S)c2ccc(O)cc2)cc1. The molecule has 0 fully saturated rings. The van der Waals surface area contributed by atoms with Gasteiger partial charge in [-0.3, -0.25) is 0 Å². The number of phenolic OH excluding ortho intramolecular Hbond substituents is 1. The first kappa shape index (κ1) is 14.9. The fourth-order valence-corrected chi connectivity index (χ4v) is 2.37. The summed E-state index contributed by atoms with van der Waals surface area (Å²) in [4.78, 5) is 3.64. The van der Waals surface area contributed by atoms with Crippen molar-refractivity contribution >= 4 is 40.8 Å². The third-order valence-electron chi connectivity index (χ3n) is 3.02. The molecule has 0 saturated heterocycles. The summed E-state index contributed by atoms with van der Waals surface area (Å²) >= 11 is 9.10. The molecule has 2 aromatic carbocycles. The zero-order chi connectivity index (χ0) is 14.7. The molecule has 20 heavy (non-hydrogen) atoms. The predicted molar refractivity (Wildman–Crippen MR) is 93.7 cm³/mol. The highest BCUT2D eigenvalue weighted by molar-refractivity contribution is 7.96. The van der Waals surface area contributed by atoms with E-state index in [4.69, 9.17) is 0 Å². The van der Waals surface area contributed by atoms with E-state index in [2.05, 4.69) is 25.3 Å². The van der Waals surface area contributed by atoms with E-state index in [1.54, 1.807) is 12.1 Å². The second-order valence-electron chi connectivity index (χ2n) is 4.69. The molecular weight excluding hydrogens is 286 g/mol. The number of nitrogens with zero attached hydrogens (tertiary/aromatic N) is 1. The van der Waals surface area contributed by atoms with Crippen molar-refractivity contribution in [2.45, 2.75) is 0 Å². The standard InChI is InChI=1S/C16H17NOS2/c1-17(2)13-7-3-11(4-8-13)15(19)16(20)12-5-9-14(18)10-6-12/h3-10,18-20H,1-2H3. The van der Waals surface area contributed by atoms with Crippen molar-refractivity contribution in [3.8, 4) is 5.75 Å². The van der Waals surface area contributed by atoms with E-state index >= 15 is 0 Å². The number of thiol groups is 2. The minimum Gasteiger partial charge on any atom is -0.508 e. The van der Waals surface area contributed by atoms with Gasteiger partial charge in [-0.05, 0) is 35.4 Å². The van der Waals surface area contributed by atoms with E-state index in [1.165, 1.54) is 0 Å². The average molecular weight is 303 g/mol. The minimum absolute atomic E-state index is 0.242. The van der Waals surface area contributed by atoms with Crippen molar-refractivity contribution in [1.29, 1.82) is 0 Å². The number of phenols is 1. The van der Waals surface area contributed by atoms with Crippen LogP contribution in [0.3, 0.4) is 0 Å². The molecule has 0 amide bonds. The van der Waals surface area contributed by atoms with Gasteiger partial charge in [-0.15, -0.1) is 25.3 Å². The second kappa shape index (κ2) is 6.29. The van der Waals surface area contributed by atoms with Gasteiger partial charge in [0.15, 0.2) is 0 Å². The van der Waals surface area contributed by atoms with Crippen molar-refractivity contribution in [3.05, 3.63) is 59.7 Å². The molecule has 0 heterocycles. The summed E-state index contributed by atoms with van der Waals surface area (Å²) in [7, 11) is 4.01. The Balaban J connectivity index is 2.35. The lowest BCUT2D eigenvalue weighted by Crippen LogP contribution is -2.08. The van der Waals surface area contributed by atoms with Crippen LogP contribution in [0, 0.1) is 0 Å². The zero-order valence-corrected chi connectivity index (χ0v) is 13.2. The molecule has 0 atom stereocenters. The zero-order valence-electron chi connectivity index (χ0n) is 11.4. The van der Waals surface area contributed by atoms with Gasteiger partial charge in [0, 0.05) is 29.6 Å². The molecule has 4 heteroatoms. The summed E-state index contributed by atoms with van der Waals surface area (Å²) in [5.41, 5.74) is 3.07. The average Bonchev–Trinajstić information content (AvgIpc) is 2.46. The van der Waals surface area contributed by atoms with E-state index < -0.39 is 0 Å². The van der Waals surface area contributed by atoms with Crippen LogP contribution in [0.25, 0.3) is 9.81 Å². The van der Waals surface area contributed by atoms with Crippen LogP contribution >= 0.6 is 25.3 Å². The number of hydrogen-bond donors (Lipinski definition) is 3. The second-order valence-corrected chi connectivity index (χ2v) is 5.58. The fourth-order valence-electron chi connectivity index (χ4n) is 1.81. The first-order chi connectivity index (χ1) is 9.49. The molecule has 0 bridgehead atoms. The van der Waals surface area contributed by atoms with Crippen LogP contribution < -0.4 is 4.90 Å². The van der Waals surface area contributed by atoms with Crippen molar-refractivity contribution in [2.24, 2.45) is 0 Å². The maximum Gasteiger partial charge on any atom is 0.115 e. The summed E-state index contributed by atoms with van der Waals surface area (Å²) < 4.78 is 0. The molecule has 2 nitrogen and oxygen atoms in total. The maximum atomic E-state index is 9.31. The van der Waals surface area contributed by atoms with Gasteiger partial charge in [0.25, 0.3) is 0 Å². The first-order valence-electron chi connectivity index (χ1n) is 6.18. The van der Waals surface area contributed by atoms with Gasteiger partial charge in [0.2, 0.25) is 0 Å². The van der Waals surface area contributed by atoms with Crippen LogP contribution in [-0.4, -0.2) is 19.2 Å². The summed E-state index contributed by atoms with van der Waals surface area (Å²) in [5, 5.41) is 9.31. The molecule has 0 radical (unpaired) electrons. The van der Waals surface area contributed by atoms with Crippen molar-refractivity contribution in [2.75, 3.05) is 19.0 Å². The normalized spacial score (nSPS) is 12.0. The van der Waals surface area contributed by atoms with Crippen molar-refractivity contribution in [1.82, 2.24) is 0 Å². The van der Waals surface area contributed by atoms with Crippen LogP contribution in [0.15, 0.2) is 48.5 Å². The highest BCUT2D eigenvalue weighted by Gasteiger charge is 2.06. The number of anilines is 1. The van der Waals surface area contributed by atoms with E-state index in [0.717, 1.165) is 26.6 Å². The molecule has 0 unspecified atom stereocenters. The molecule has 0 aliphatic carbocycles. The van der Waals surface area contributed by atoms with Gasteiger partial charge in [0.1, 0.15) is 5.75 Å². The quantitative estimate of drug-likeness (QED) is 0.586. The maximum absolute atomic E-state index is 9.31. The summed E-state index contributed by atoms with van der Waals surface area (Å²) in [6.07, 6.45) is 0. The Morgan fingerprint density at radius 1 is 0.800 bits per heavy atom. The predicted octanol–water partition coefficient (Wildman–Crippen LogP) is 4.14. The van der Waals surface area contributed by atoms with E-state index in [-0.39, 0.29) is 5.75 Å². The Morgan fingerprint density at radius 3 is 1.60 bits per heavy atom. The largest absolute Gasteiger partial charge is 0.508 e. The lowest BCUT2D eigenvalue weighted by atomic mass is 10.1. The van der Waals surface area contributed by atoms with Gasteiger partial charge < -0.3 is 10.0 Å². The molecular formula is C16H17NOS2. The molecule has 0 aliphatic heterocycles. The Labute approximate surface area is 130 Å². The fraction of sp³-hybridized carbons (Fsp3) is 0.125. The first-order valence-corrected chi connectivity index (χ1v) is 7.08. The van der Waals surface area contributed by atoms with Crippen LogP contribution in [-0.2, 0) is 0 Å². The van der Waals surface area contributed by atoms with E-state index in [0.29, 0.717) is 0 Å². The third-order valence-corrected chi connectivity index (χ3v) is 4.16. The number of aromatic hydroxyl groups is 1. The van der Waals surface area contributed by atoms with Crippen molar-refractivity contribution in [3.63, 3.8) is 0 Å². The van der Waals surface area contributed by atoms with Gasteiger partial charge in [-0.2, -0.15) is 0 Å². The minimum atomic E-state index is 0.242. The summed E-state index contributed by atoms with van der Waals surface area (Å²) in [6.45, 7) is 0. The highest BCUT2D eigenvalue weighted by Crippen LogP contribution is 2.33. The van der Waals surface area contributed by atoms with E-state index in [9.17, 15) is 5.11 Å². The smallest absolute Gasteiger partial charge is 0.115 e. The molecule has 104 valence electrons. The lowest BCUT2D eigenvalue weighted by molar-refractivity contribution is 0.475. The molecule has 0 aromatic heterocycles. The number of benzene rings is 2. The molecule has 2 rings (SSSR count). The van der Waals surface area contributed by atoms with Crippen LogP contribution in [0.4, 0.5) is 5.69 Å². The Hall–Kier alpha value is -1.52. The van der Waals surface area contributed by atoms with Gasteiger partial charge >= 0.3 is 0 Å². The monoisotopic (exact) mass is 303 g/mol. The van der Waals surface area contributed by atoms with Crippen LogP contribution in [0.1, 0.15) is 11.1 Å². The highest BCUT2D eigenvalue weighted by atomic mass is 32.1. The molecule has 0 aliphatic rings. The topological polar surface area (TPSA) is 23.5 Å². The third kappa shape index (κ3) is 3.32. The summed E-state index contributed by atoms with van der Waals surface area (Å²) in [5.74, 6) is 0.242. The van der Waals surface area contributed by atoms with Gasteiger partial charge in [0.05, 0.1) is 0 Å². The molecule has 0 saturated carbocycles. The van der Waals surface area contributed by atoms with Crippen LogP contribution in [0.5, 0.6) is 5.75 Å². The summed E-state index contributed by atoms with van der Waals surface area (Å²) in [6, 6.07) is 15.1. The molecule has 2 aromatic rings. The lowest BCUT2D eigenvalue weighted by Gasteiger charge is -2.13. The van der Waals surface area contributed by atoms with Crippen LogP contribution in [0.2, 0.25) is 0 Å². The van der Waals surface area contributed by atoms with Gasteiger partial charge in [-0.1, -0.05) is 24.3 Å². The molecule has 1 N–H and O–H groups in total. The van der Waals surface area contributed by atoms with Crippen molar-refractivity contribution < 1.29 is 5.11 Å². The Morgan fingerprint density at radius 2 is 1.20 bits per heavy atom. The van der Waals surface area contributed by atoms with E-state index in [1.807, 2.05) is 55.4 Å². The number of hydrogen-bond acceptors (Lipinski definition) is 4.